The van der Waals surface area contributed by atoms with Crippen LogP contribution >= 0.6 is 0 Å². The molecule has 0 saturated carbocycles. The fourth-order valence-electron chi connectivity index (χ4n) is 4.65. The molecule has 0 fully saturated rings. The normalized spacial score (nSPS) is 11.9. The third-order valence-electron chi connectivity index (χ3n) is 5.95. The van der Waals surface area contributed by atoms with E-state index in [9.17, 15) is 0 Å². The molecule has 6 aromatic rings. The smallest absolute Gasteiger partial charge is 0.00143 e. The van der Waals surface area contributed by atoms with Crippen molar-refractivity contribution in [3.05, 3.63) is 96.6 Å². The van der Waals surface area contributed by atoms with Crippen LogP contribution in [0.3, 0.4) is 0 Å². The highest BCUT2D eigenvalue weighted by Gasteiger charge is 2.11. The first-order chi connectivity index (χ1) is 13.3. The number of hydrogen-bond donors (Lipinski definition) is 0. The Morgan fingerprint density at radius 1 is 0.370 bits per heavy atom. The molecule has 0 aliphatic carbocycles. The SMILES string of the molecule is Cc1cccc2c1ccc1ccc3ccc4ccc5ccccc5c4c3c12. The molecule has 0 spiro atoms. The van der Waals surface area contributed by atoms with Crippen LogP contribution < -0.4 is 0 Å². The van der Waals surface area contributed by atoms with Crippen molar-refractivity contribution in [1.29, 1.82) is 0 Å². The number of fused-ring (bicyclic) bond motifs is 9. The van der Waals surface area contributed by atoms with Gasteiger partial charge in [0.05, 0.1) is 0 Å². The zero-order chi connectivity index (χ0) is 18.0. The van der Waals surface area contributed by atoms with Crippen LogP contribution in [0.2, 0.25) is 0 Å². The molecular formula is C27H18. The van der Waals surface area contributed by atoms with Gasteiger partial charge in [-0.05, 0) is 66.3 Å². The molecule has 0 heteroatoms. The summed E-state index contributed by atoms with van der Waals surface area (Å²) in [6.07, 6.45) is 0. The minimum absolute atomic E-state index is 1.30. The van der Waals surface area contributed by atoms with Crippen molar-refractivity contribution in [2.45, 2.75) is 6.92 Å². The summed E-state index contributed by atoms with van der Waals surface area (Å²) >= 11 is 0. The van der Waals surface area contributed by atoms with E-state index in [-0.39, 0.29) is 0 Å². The van der Waals surface area contributed by atoms with Crippen LogP contribution in [0.1, 0.15) is 5.56 Å². The molecule has 0 nitrogen and oxygen atoms in total. The molecule has 0 saturated heterocycles. The average molecular weight is 342 g/mol. The second-order valence-corrected chi connectivity index (χ2v) is 7.45. The molecule has 0 radical (unpaired) electrons. The Balaban J connectivity index is 2.02. The van der Waals surface area contributed by atoms with E-state index >= 15 is 0 Å². The Morgan fingerprint density at radius 2 is 0.926 bits per heavy atom. The number of aryl methyl sites for hydroxylation is 1. The molecule has 6 rings (SSSR count). The van der Waals surface area contributed by atoms with Crippen LogP contribution in [0.4, 0.5) is 0 Å². The van der Waals surface area contributed by atoms with Gasteiger partial charge in [0.25, 0.3) is 0 Å². The Labute approximate surface area is 157 Å². The highest BCUT2D eigenvalue weighted by Crippen LogP contribution is 2.39. The summed E-state index contributed by atoms with van der Waals surface area (Å²) in [7, 11) is 0. The van der Waals surface area contributed by atoms with E-state index in [1.165, 1.54) is 59.4 Å². The molecule has 126 valence electrons. The third kappa shape index (κ3) is 1.98. The maximum atomic E-state index is 2.27. The van der Waals surface area contributed by atoms with Crippen molar-refractivity contribution < 1.29 is 0 Å². The summed E-state index contributed by atoms with van der Waals surface area (Å²) in [4.78, 5) is 0. The van der Waals surface area contributed by atoms with Crippen molar-refractivity contribution in [1.82, 2.24) is 0 Å². The summed E-state index contributed by atoms with van der Waals surface area (Å²) in [6.45, 7) is 2.20. The molecule has 0 heterocycles. The third-order valence-corrected chi connectivity index (χ3v) is 5.95. The maximum Gasteiger partial charge on any atom is -0.00143 e. The van der Waals surface area contributed by atoms with Gasteiger partial charge in [-0.1, -0.05) is 91.0 Å². The standard InChI is InChI=1S/C27H18/c1-17-5-4-8-24-22(17)16-15-20-12-14-21-13-11-19-10-9-18-6-2-3-7-23(18)25(19)27(21)26(20)24/h2-16H,1H3. The van der Waals surface area contributed by atoms with E-state index in [1.807, 2.05) is 0 Å². The second-order valence-electron chi connectivity index (χ2n) is 7.45. The molecular weight excluding hydrogens is 324 g/mol. The lowest BCUT2D eigenvalue weighted by Crippen LogP contribution is -1.86. The van der Waals surface area contributed by atoms with Crippen LogP contribution in [0.25, 0.3) is 53.9 Å². The molecule has 0 N–H and O–H groups in total. The number of benzene rings is 6. The molecule has 0 unspecified atom stereocenters. The Bertz CT molecular complexity index is 1510. The fourth-order valence-corrected chi connectivity index (χ4v) is 4.65. The zero-order valence-corrected chi connectivity index (χ0v) is 15.2. The Kier molecular flexibility index (Phi) is 2.90. The quantitative estimate of drug-likeness (QED) is 0.247. The average Bonchev–Trinajstić information content (AvgIpc) is 2.72. The van der Waals surface area contributed by atoms with Gasteiger partial charge in [0.1, 0.15) is 0 Å². The van der Waals surface area contributed by atoms with Gasteiger partial charge < -0.3 is 0 Å². The van der Waals surface area contributed by atoms with Gasteiger partial charge in [-0.3, -0.25) is 0 Å². The molecule has 0 atom stereocenters. The zero-order valence-electron chi connectivity index (χ0n) is 15.2. The van der Waals surface area contributed by atoms with Crippen molar-refractivity contribution in [2.24, 2.45) is 0 Å². The van der Waals surface area contributed by atoms with Gasteiger partial charge in [0.2, 0.25) is 0 Å². The fraction of sp³-hybridized carbons (Fsp3) is 0.0370. The van der Waals surface area contributed by atoms with E-state index in [2.05, 4.69) is 97.9 Å². The topological polar surface area (TPSA) is 0 Å². The molecule has 0 aliphatic heterocycles. The Hall–Kier alpha value is -3.38. The second kappa shape index (κ2) is 5.31. The lowest BCUT2D eigenvalue weighted by molar-refractivity contribution is 1.54. The van der Waals surface area contributed by atoms with Crippen molar-refractivity contribution in [3.8, 4) is 0 Å². The van der Waals surface area contributed by atoms with Crippen LogP contribution in [0, 0.1) is 6.92 Å². The maximum absolute atomic E-state index is 2.27. The summed E-state index contributed by atoms with van der Waals surface area (Å²) in [5.74, 6) is 0. The first kappa shape index (κ1) is 14.8. The van der Waals surface area contributed by atoms with E-state index < -0.39 is 0 Å². The summed E-state index contributed by atoms with van der Waals surface area (Å²) in [6, 6.07) is 33.5. The van der Waals surface area contributed by atoms with Crippen molar-refractivity contribution >= 4 is 53.9 Å². The lowest BCUT2D eigenvalue weighted by atomic mass is 9.90. The summed E-state index contributed by atoms with van der Waals surface area (Å²) in [5.41, 5.74) is 1.33. The van der Waals surface area contributed by atoms with E-state index in [1.54, 1.807) is 0 Å². The van der Waals surface area contributed by atoms with Gasteiger partial charge in [-0.25, -0.2) is 0 Å². The van der Waals surface area contributed by atoms with Gasteiger partial charge >= 0.3 is 0 Å². The molecule has 6 aromatic carbocycles. The van der Waals surface area contributed by atoms with E-state index in [0.717, 1.165) is 0 Å². The van der Waals surface area contributed by atoms with Crippen LogP contribution in [0.5, 0.6) is 0 Å². The number of hydrogen-bond acceptors (Lipinski definition) is 0. The lowest BCUT2D eigenvalue weighted by Gasteiger charge is -2.13. The van der Waals surface area contributed by atoms with Crippen LogP contribution in [0.15, 0.2) is 91.0 Å². The van der Waals surface area contributed by atoms with Gasteiger partial charge in [-0.2, -0.15) is 0 Å². The van der Waals surface area contributed by atoms with Gasteiger partial charge in [-0.15, -0.1) is 0 Å². The summed E-state index contributed by atoms with van der Waals surface area (Å²) < 4.78 is 0. The van der Waals surface area contributed by atoms with Gasteiger partial charge in [0, 0.05) is 0 Å². The Morgan fingerprint density at radius 3 is 1.70 bits per heavy atom. The minimum Gasteiger partial charge on any atom is -0.0616 e. The monoisotopic (exact) mass is 342 g/mol. The van der Waals surface area contributed by atoms with Crippen molar-refractivity contribution in [2.75, 3.05) is 0 Å². The predicted molar refractivity (Wildman–Crippen MR) is 119 cm³/mol. The highest BCUT2D eigenvalue weighted by molar-refractivity contribution is 6.32. The van der Waals surface area contributed by atoms with E-state index in [4.69, 9.17) is 0 Å². The predicted octanol–water partition coefficient (Wildman–Crippen LogP) is 7.76. The minimum atomic E-state index is 1.30. The molecule has 27 heavy (non-hydrogen) atoms. The van der Waals surface area contributed by atoms with Crippen molar-refractivity contribution in [3.63, 3.8) is 0 Å². The molecule has 0 aliphatic rings. The molecule has 0 amide bonds. The van der Waals surface area contributed by atoms with Crippen LogP contribution in [-0.4, -0.2) is 0 Å². The first-order valence-corrected chi connectivity index (χ1v) is 9.46. The highest BCUT2D eigenvalue weighted by atomic mass is 14.1. The van der Waals surface area contributed by atoms with Crippen LogP contribution in [-0.2, 0) is 0 Å². The molecule has 0 aromatic heterocycles. The summed E-state index contributed by atoms with van der Waals surface area (Å²) in [5, 5.41) is 13.3. The number of rotatable bonds is 0. The molecule has 0 bridgehead atoms. The first-order valence-electron chi connectivity index (χ1n) is 9.46. The van der Waals surface area contributed by atoms with Gasteiger partial charge in [0.15, 0.2) is 0 Å². The largest absolute Gasteiger partial charge is 0.0616 e. The van der Waals surface area contributed by atoms with E-state index in [0.29, 0.717) is 0 Å².